The molecule has 0 aliphatic carbocycles. The summed E-state index contributed by atoms with van der Waals surface area (Å²) in [7, 11) is 0. The molecule has 15 heavy (non-hydrogen) atoms. The van der Waals surface area contributed by atoms with Crippen LogP contribution in [-0.2, 0) is 6.42 Å². The van der Waals surface area contributed by atoms with E-state index in [1.807, 2.05) is 37.5 Å². The second kappa shape index (κ2) is 6.57. The van der Waals surface area contributed by atoms with E-state index in [-0.39, 0.29) is 0 Å². The van der Waals surface area contributed by atoms with Crippen molar-refractivity contribution in [2.45, 2.75) is 39.7 Å². The molecule has 0 saturated carbocycles. The van der Waals surface area contributed by atoms with Gasteiger partial charge in [0.15, 0.2) is 0 Å². The summed E-state index contributed by atoms with van der Waals surface area (Å²) in [5.41, 5.74) is 1.38. The fourth-order valence-electron chi connectivity index (χ4n) is 1.46. The van der Waals surface area contributed by atoms with Crippen LogP contribution in [-0.4, -0.2) is 6.21 Å². The molecule has 0 fully saturated rings. The highest BCUT2D eigenvalue weighted by molar-refractivity contribution is 7.10. The Morgan fingerprint density at radius 2 is 2.27 bits per heavy atom. The number of thiophene rings is 1. The average Bonchev–Trinajstić information content (AvgIpc) is 2.81. The van der Waals surface area contributed by atoms with Crippen LogP contribution in [0.15, 0.2) is 28.6 Å². The molecule has 2 heterocycles. The first-order chi connectivity index (χ1) is 7.40. The highest BCUT2D eigenvalue weighted by Gasteiger charge is 2.10. The number of nitrogens with zero attached hydrogens (tertiary/aromatic N) is 1. The van der Waals surface area contributed by atoms with Crippen LogP contribution in [0.2, 0.25) is 0 Å². The number of aliphatic imine (C=N–C) groups is 1. The van der Waals surface area contributed by atoms with Crippen LogP contribution < -0.4 is 0 Å². The zero-order valence-corrected chi connectivity index (χ0v) is 10.6. The molecule has 0 spiro atoms. The second-order valence-electron chi connectivity index (χ2n) is 3.18. The minimum Gasteiger partial charge on any atom is -0.285 e. The minimum atomic E-state index is 0.376. The van der Waals surface area contributed by atoms with Gasteiger partial charge in [-0.25, -0.2) is 0 Å². The molecule has 0 N–H and O–H groups in total. The van der Waals surface area contributed by atoms with Crippen molar-refractivity contribution in [3.63, 3.8) is 0 Å². The maximum atomic E-state index is 4.44. The Morgan fingerprint density at radius 3 is 2.80 bits per heavy atom. The predicted octanol–water partition coefficient (Wildman–Crippen LogP) is 4.41. The molecule has 0 amide bonds. The fraction of sp³-hybridized carbons (Fsp3) is 0.462. The molecule has 0 bridgehead atoms. The third-order valence-electron chi connectivity index (χ3n) is 2.25. The number of hydrogen-bond acceptors (Lipinski definition) is 2. The molecule has 0 saturated heterocycles. The van der Waals surface area contributed by atoms with Gasteiger partial charge in [0.05, 0.1) is 6.04 Å². The Hall–Kier alpha value is -0.890. The van der Waals surface area contributed by atoms with E-state index in [0.29, 0.717) is 6.04 Å². The average molecular weight is 221 g/mol. The van der Waals surface area contributed by atoms with Crippen LogP contribution >= 0.6 is 11.3 Å². The van der Waals surface area contributed by atoms with E-state index >= 15 is 0 Å². The lowest BCUT2D eigenvalue weighted by Gasteiger charge is -2.09. The van der Waals surface area contributed by atoms with Gasteiger partial charge in [-0.2, -0.15) is 0 Å². The van der Waals surface area contributed by atoms with Gasteiger partial charge in [0.2, 0.25) is 0 Å². The van der Waals surface area contributed by atoms with Gasteiger partial charge in [0, 0.05) is 11.1 Å². The quantitative estimate of drug-likeness (QED) is 0.701. The number of dihydropyridines is 1. The van der Waals surface area contributed by atoms with Crippen LogP contribution in [0.25, 0.3) is 0 Å². The lowest BCUT2D eigenvalue weighted by atomic mass is 10.1. The van der Waals surface area contributed by atoms with Crippen LogP contribution in [0.5, 0.6) is 0 Å². The zero-order valence-electron chi connectivity index (χ0n) is 9.73. The van der Waals surface area contributed by atoms with Gasteiger partial charge < -0.3 is 0 Å². The van der Waals surface area contributed by atoms with Crippen LogP contribution in [0.4, 0.5) is 0 Å². The van der Waals surface area contributed by atoms with Crippen LogP contribution in [0.1, 0.15) is 43.7 Å². The van der Waals surface area contributed by atoms with E-state index in [4.69, 9.17) is 0 Å². The first kappa shape index (κ1) is 12.2. The Balaban J connectivity index is 0.000000531. The van der Waals surface area contributed by atoms with E-state index < -0.39 is 0 Å². The molecule has 1 aliphatic heterocycles. The number of rotatable bonds is 2. The van der Waals surface area contributed by atoms with Crippen molar-refractivity contribution in [2.24, 2.45) is 4.99 Å². The lowest BCUT2D eigenvalue weighted by molar-refractivity contribution is 0.743. The molecule has 0 radical (unpaired) electrons. The molecule has 1 atom stereocenters. The van der Waals surface area contributed by atoms with Gasteiger partial charge in [-0.15, -0.1) is 11.3 Å². The first-order valence-electron chi connectivity index (χ1n) is 5.65. The van der Waals surface area contributed by atoms with Gasteiger partial charge in [-0.1, -0.05) is 26.8 Å². The van der Waals surface area contributed by atoms with Crippen molar-refractivity contribution in [3.05, 3.63) is 34.0 Å². The molecule has 1 aromatic heterocycles. The lowest BCUT2D eigenvalue weighted by Crippen LogP contribution is -1.95. The molecule has 82 valence electrons. The summed E-state index contributed by atoms with van der Waals surface area (Å²) in [6.45, 7) is 6.19. The molecule has 1 aromatic rings. The predicted molar refractivity (Wildman–Crippen MR) is 70.0 cm³/mol. The zero-order chi connectivity index (χ0) is 11.1. The number of allylic oxidation sites excluding steroid dienone is 1. The van der Waals surface area contributed by atoms with Crippen molar-refractivity contribution in [3.8, 4) is 0 Å². The van der Waals surface area contributed by atoms with Gasteiger partial charge in [0.25, 0.3) is 0 Å². The third kappa shape index (κ3) is 3.31. The highest BCUT2D eigenvalue weighted by Crippen LogP contribution is 2.27. The van der Waals surface area contributed by atoms with E-state index in [1.165, 1.54) is 10.4 Å². The van der Waals surface area contributed by atoms with E-state index in [1.54, 1.807) is 0 Å². The normalized spacial score (nSPS) is 18.5. The van der Waals surface area contributed by atoms with Crippen molar-refractivity contribution >= 4 is 17.6 Å². The van der Waals surface area contributed by atoms with Gasteiger partial charge in [-0.3, -0.25) is 4.99 Å². The Morgan fingerprint density at radius 1 is 1.47 bits per heavy atom. The van der Waals surface area contributed by atoms with Gasteiger partial charge >= 0.3 is 0 Å². The molecule has 1 aliphatic rings. The molecular formula is C13H19NS. The van der Waals surface area contributed by atoms with E-state index in [9.17, 15) is 0 Å². The summed E-state index contributed by atoms with van der Waals surface area (Å²) >= 11 is 1.85. The molecule has 1 nitrogen and oxygen atoms in total. The molecule has 0 aromatic carbocycles. The van der Waals surface area contributed by atoms with Crippen molar-refractivity contribution in [2.75, 3.05) is 0 Å². The Bertz CT molecular complexity index is 336. The Kier molecular flexibility index (Phi) is 5.33. The van der Waals surface area contributed by atoms with Gasteiger partial charge in [-0.05, 0) is 35.9 Å². The smallest absolute Gasteiger partial charge is 0.0791 e. The van der Waals surface area contributed by atoms with E-state index in [2.05, 4.69) is 29.4 Å². The summed E-state index contributed by atoms with van der Waals surface area (Å²) < 4.78 is 0. The number of aryl methyl sites for hydroxylation is 1. The SMILES string of the molecule is CC.CCc1cc(C2CC=CC=N2)cs1. The molecule has 1 unspecified atom stereocenters. The van der Waals surface area contributed by atoms with Gasteiger partial charge in [0.1, 0.15) is 0 Å². The molecular weight excluding hydrogens is 202 g/mol. The largest absolute Gasteiger partial charge is 0.285 e. The third-order valence-corrected chi connectivity index (χ3v) is 3.35. The first-order valence-corrected chi connectivity index (χ1v) is 6.53. The van der Waals surface area contributed by atoms with Crippen LogP contribution in [0.3, 0.4) is 0 Å². The summed E-state index contributed by atoms with van der Waals surface area (Å²) in [5, 5.41) is 2.24. The summed E-state index contributed by atoms with van der Waals surface area (Å²) in [6.07, 6.45) is 8.29. The molecule has 2 heteroatoms. The van der Waals surface area contributed by atoms with E-state index in [0.717, 1.165) is 12.8 Å². The number of hydrogen-bond donors (Lipinski definition) is 0. The standard InChI is InChI=1S/C11H13NS.C2H6/c1-2-10-7-9(8-13-10)11-5-3-4-6-12-11;1-2/h3-4,6-8,11H,2,5H2,1H3;1-2H3. The summed E-state index contributed by atoms with van der Waals surface area (Å²) in [6, 6.07) is 2.66. The fourth-order valence-corrected chi connectivity index (χ4v) is 2.35. The summed E-state index contributed by atoms with van der Waals surface area (Å²) in [4.78, 5) is 5.90. The summed E-state index contributed by atoms with van der Waals surface area (Å²) in [5.74, 6) is 0. The highest BCUT2D eigenvalue weighted by atomic mass is 32.1. The second-order valence-corrected chi connectivity index (χ2v) is 4.17. The molecule has 2 rings (SSSR count). The minimum absolute atomic E-state index is 0.376. The van der Waals surface area contributed by atoms with Crippen molar-refractivity contribution < 1.29 is 0 Å². The maximum absolute atomic E-state index is 4.44. The van der Waals surface area contributed by atoms with Crippen LogP contribution in [0, 0.1) is 0 Å². The monoisotopic (exact) mass is 221 g/mol. The Labute approximate surface area is 96.6 Å². The maximum Gasteiger partial charge on any atom is 0.0791 e. The van der Waals surface area contributed by atoms with Crippen molar-refractivity contribution in [1.29, 1.82) is 0 Å². The topological polar surface area (TPSA) is 12.4 Å². The van der Waals surface area contributed by atoms with Crippen molar-refractivity contribution in [1.82, 2.24) is 0 Å².